The van der Waals surface area contributed by atoms with Gasteiger partial charge in [0.2, 0.25) is 5.91 Å². The van der Waals surface area contributed by atoms with E-state index in [2.05, 4.69) is 22.6 Å². The van der Waals surface area contributed by atoms with Crippen molar-refractivity contribution >= 4 is 28.5 Å². The second kappa shape index (κ2) is 4.41. The number of nitrogens with zero attached hydrogens (tertiary/aromatic N) is 1. The number of piperidine rings is 1. The smallest absolute Gasteiger partial charge is 0.219 e. The molecule has 1 amide bonds. The van der Waals surface area contributed by atoms with Crippen molar-refractivity contribution in [3.05, 3.63) is 0 Å². The van der Waals surface area contributed by atoms with Crippen LogP contribution in [-0.2, 0) is 4.79 Å². The Morgan fingerprint density at radius 2 is 2.42 bits per heavy atom. The standard InChI is InChI=1S/C8H14INO2/c1-6(12)10-3-2-7(5-11)8(9)4-10/h7-8,11H,2-5H2,1H3. The SMILES string of the molecule is CC(=O)N1CCC(CO)C(I)C1. The summed E-state index contributed by atoms with van der Waals surface area (Å²) in [5.41, 5.74) is 0. The number of hydrogen-bond donors (Lipinski definition) is 1. The van der Waals surface area contributed by atoms with Gasteiger partial charge in [-0.15, -0.1) is 0 Å². The molecule has 1 aliphatic rings. The molecule has 0 radical (unpaired) electrons. The van der Waals surface area contributed by atoms with Crippen molar-refractivity contribution in [3.8, 4) is 0 Å². The van der Waals surface area contributed by atoms with E-state index >= 15 is 0 Å². The highest BCUT2D eigenvalue weighted by atomic mass is 127. The number of likely N-dealkylation sites (tertiary alicyclic amines) is 1. The van der Waals surface area contributed by atoms with Gasteiger partial charge in [-0.2, -0.15) is 0 Å². The van der Waals surface area contributed by atoms with Gasteiger partial charge in [0.25, 0.3) is 0 Å². The van der Waals surface area contributed by atoms with Crippen LogP contribution in [0.5, 0.6) is 0 Å². The van der Waals surface area contributed by atoms with Crippen LogP contribution in [0.3, 0.4) is 0 Å². The Morgan fingerprint density at radius 3 is 2.83 bits per heavy atom. The van der Waals surface area contributed by atoms with E-state index in [1.165, 1.54) is 0 Å². The van der Waals surface area contributed by atoms with Crippen LogP contribution in [0.15, 0.2) is 0 Å². The fourth-order valence-corrected chi connectivity index (χ4v) is 2.51. The molecule has 1 N–H and O–H groups in total. The summed E-state index contributed by atoms with van der Waals surface area (Å²) in [6.07, 6.45) is 0.934. The molecule has 2 unspecified atom stereocenters. The summed E-state index contributed by atoms with van der Waals surface area (Å²) >= 11 is 2.31. The van der Waals surface area contributed by atoms with E-state index < -0.39 is 0 Å². The summed E-state index contributed by atoms with van der Waals surface area (Å²) in [7, 11) is 0. The van der Waals surface area contributed by atoms with E-state index in [0.717, 1.165) is 19.5 Å². The summed E-state index contributed by atoms with van der Waals surface area (Å²) < 4.78 is 0.408. The second-order valence-electron chi connectivity index (χ2n) is 3.21. The molecule has 12 heavy (non-hydrogen) atoms. The van der Waals surface area contributed by atoms with Gasteiger partial charge in [-0.05, 0) is 12.3 Å². The summed E-state index contributed by atoms with van der Waals surface area (Å²) in [5, 5.41) is 8.98. The highest BCUT2D eigenvalue weighted by Gasteiger charge is 2.27. The second-order valence-corrected chi connectivity index (χ2v) is 4.81. The van der Waals surface area contributed by atoms with Gasteiger partial charge in [0, 0.05) is 30.5 Å². The maximum absolute atomic E-state index is 11.0. The van der Waals surface area contributed by atoms with Gasteiger partial charge in [0.15, 0.2) is 0 Å². The summed E-state index contributed by atoms with van der Waals surface area (Å²) in [6, 6.07) is 0. The molecule has 0 aromatic heterocycles. The first-order valence-electron chi connectivity index (χ1n) is 4.15. The van der Waals surface area contributed by atoms with E-state index in [0.29, 0.717) is 9.84 Å². The van der Waals surface area contributed by atoms with E-state index in [4.69, 9.17) is 5.11 Å². The summed E-state index contributed by atoms with van der Waals surface area (Å²) in [5.74, 6) is 0.522. The van der Waals surface area contributed by atoms with Crippen molar-refractivity contribution in [1.82, 2.24) is 4.90 Å². The average Bonchev–Trinajstić information content (AvgIpc) is 2.04. The highest BCUT2D eigenvalue weighted by molar-refractivity contribution is 14.1. The fraction of sp³-hybridized carbons (Fsp3) is 0.875. The third-order valence-electron chi connectivity index (χ3n) is 2.36. The van der Waals surface area contributed by atoms with E-state index in [1.807, 2.05) is 4.90 Å². The van der Waals surface area contributed by atoms with Crippen molar-refractivity contribution in [2.75, 3.05) is 19.7 Å². The van der Waals surface area contributed by atoms with Gasteiger partial charge in [0.1, 0.15) is 0 Å². The largest absolute Gasteiger partial charge is 0.396 e. The fourth-order valence-electron chi connectivity index (χ4n) is 1.45. The Kier molecular flexibility index (Phi) is 3.77. The number of aliphatic hydroxyl groups is 1. The third-order valence-corrected chi connectivity index (χ3v) is 3.77. The number of carbonyl (C=O) groups is 1. The van der Waals surface area contributed by atoms with Crippen molar-refractivity contribution in [3.63, 3.8) is 0 Å². The maximum atomic E-state index is 11.0. The Labute approximate surface area is 86.3 Å². The predicted octanol–water partition coefficient (Wildman–Crippen LogP) is 0.651. The van der Waals surface area contributed by atoms with E-state index in [1.54, 1.807) is 6.92 Å². The van der Waals surface area contributed by atoms with Crippen LogP contribution in [-0.4, -0.2) is 39.5 Å². The van der Waals surface area contributed by atoms with Crippen LogP contribution in [0.2, 0.25) is 0 Å². The molecule has 0 aliphatic carbocycles. The Balaban J connectivity index is 2.46. The first-order valence-corrected chi connectivity index (χ1v) is 5.40. The lowest BCUT2D eigenvalue weighted by atomic mass is 9.98. The van der Waals surface area contributed by atoms with Crippen molar-refractivity contribution in [1.29, 1.82) is 0 Å². The van der Waals surface area contributed by atoms with Gasteiger partial charge < -0.3 is 10.0 Å². The third kappa shape index (κ3) is 2.32. The molecule has 1 fully saturated rings. The van der Waals surface area contributed by atoms with Crippen LogP contribution < -0.4 is 0 Å². The average molecular weight is 283 g/mol. The zero-order chi connectivity index (χ0) is 9.14. The molecule has 1 aliphatic heterocycles. The van der Waals surface area contributed by atoms with Crippen molar-refractivity contribution < 1.29 is 9.90 Å². The number of halogens is 1. The normalized spacial score (nSPS) is 30.4. The van der Waals surface area contributed by atoms with Crippen LogP contribution in [0.4, 0.5) is 0 Å². The van der Waals surface area contributed by atoms with E-state index in [-0.39, 0.29) is 12.5 Å². The summed E-state index contributed by atoms with van der Waals surface area (Å²) in [4.78, 5) is 12.8. The zero-order valence-electron chi connectivity index (χ0n) is 7.16. The Hall–Kier alpha value is 0.160. The van der Waals surface area contributed by atoms with Gasteiger partial charge in [0.05, 0.1) is 0 Å². The van der Waals surface area contributed by atoms with Crippen LogP contribution in [0.25, 0.3) is 0 Å². The Bertz CT molecular complexity index is 174. The quantitative estimate of drug-likeness (QED) is 0.567. The lowest BCUT2D eigenvalue weighted by molar-refractivity contribution is -0.130. The minimum absolute atomic E-state index is 0.146. The maximum Gasteiger partial charge on any atom is 0.219 e. The molecule has 1 saturated heterocycles. The Morgan fingerprint density at radius 1 is 1.75 bits per heavy atom. The first kappa shape index (κ1) is 10.2. The number of rotatable bonds is 1. The number of carbonyl (C=O) groups excluding carboxylic acids is 1. The molecule has 1 heterocycles. The number of hydrogen-bond acceptors (Lipinski definition) is 2. The molecule has 1 rings (SSSR count). The molecular weight excluding hydrogens is 269 g/mol. The van der Waals surface area contributed by atoms with Gasteiger partial charge in [-0.25, -0.2) is 0 Å². The monoisotopic (exact) mass is 283 g/mol. The molecule has 3 nitrogen and oxygen atoms in total. The topological polar surface area (TPSA) is 40.5 Å². The molecule has 0 aromatic rings. The lowest BCUT2D eigenvalue weighted by Crippen LogP contribution is -2.44. The number of alkyl halides is 1. The first-order chi connectivity index (χ1) is 5.65. The molecule has 0 aromatic carbocycles. The van der Waals surface area contributed by atoms with Crippen LogP contribution in [0.1, 0.15) is 13.3 Å². The predicted molar refractivity (Wildman–Crippen MR) is 55.3 cm³/mol. The molecule has 0 spiro atoms. The minimum Gasteiger partial charge on any atom is -0.396 e. The molecule has 0 saturated carbocycles. The number of aliphatic hydroxyl groups excluding tert-OH is 1. The van der Waals surface area contributed by atoms with Gasteiger partial charge >= 0.3 is 0 Å². The zero-order valence-corrected chi connectivity index (χ0v) is 9.32. The summed E-state index contributed by atoms with van der Waals surface area (Å²) in [6.45, 7) is 3.45. The van der Waals surface area contributed by atoms with E-state index in [9.17, 15) is 4.79 Å². The molecule has 70 valence electrons. The molecule has 4 heteroatoms. The van der Waals surface area contributed by atoms with Crippen molar-refractivity contribution in [2.45, 2.75) is 17.3 Å². The molecule has 2 atom stereocenters. The van der Waals surface area contributed by atoms with Crippen LogP contribution in [0, 0.1) is 5.92 Å². The van der Waals surface area contributed by atoms with Crippen LogP contribution >= 0.6 is 22.6 Å². The van der Waals surface area contributed by atoms with Gasteiger partial charge in [-0.1, -0.05) is 22.6 Å². The minimum atomic E-state index is 0.146. The molecule has 0 bridgehead atoms. The van der Waals surface area contributed by atoms with Gasteiger partial charge in [-0.3, -0.25) is 4.79 Å². The lowest BCUT2D eigenvalue weighted by Gasteiger charge is -2.34. The molecular formula is C8H14INO2. The highest BCUT2D eigenvalue weighted by Crippen LogP contribution is 2.23. The number of amides is 1. The van der Waals surface area contributed by atoms with Crippen molar-refractivity contribution in [2.24, 2.45) is 5.92 Å².